The fourth-order valence-electron chi connectivity index (χ4n) is 2.75. The Morgan fingerprint density at radius 3 is 2.79 bits per heavy atom. The zero-order valence-electron chi connectivity index (χ0n) is 13.3. The SMILES string of the molecule is CC(O)(CSc1nc2sccc2c(=O)n1C1CC1)c1ccccc1. The van der Waals surface area contributed by atoms with Crippen LogP contribution in [0.4, 0.5) is 0 Å². The van der Waals surface area contributed by atoms with Crippen LogP contribution in [0.15, 0.2) is 51.7 Å². The maximum atomic E-state index is 12.7. The van der Waals surface area contributed by atoms with E-state index in [1.807, 2.05) is 46.3 Å². The Balaban J connectivity index is 1.67. The van der Waals surface area contributed by atoms with E-state index < -0.39 is 5.60 Å². The molecule has 1 aliphatic carbocycles. The number of hydrogen-bond acceptors (Lipinski definition) is 5. The van der Waals surface area contributed by atoms with Crippen molar-refractivity contribution in [3.63, 3.8) is 0 Å². The molecule has 1 unspecified atom stereocenters. The Labute approximate surface area is 148 Å². The topological polar surface area (TPSA) is 55.1 Å². The molecule has 0 radical (unpaired) electrons. The minimum atomic E-state index is -0.970. The molecule has 124 valence electrons. The number of thioether (sulfide) groups is 1. The third-order valence-corrected chi connectivity index (χ3v) is 6.35. The summed E-state index contributed by atoms with van der Waals surface area (Å²) in [5, 5.41) is 14.1. The van der Waals surface area contributed by atoms with Crippen LogP contribution >= 0.6 is 23.1 Å². The predicted octanol–water partition coefficient (Wildman–Crippen LogP) is 3.79. The molecule has 2 heterocycles. The summed E-state index contributed by atoms with van der Waals surface area (Å²) >= 11 is 2.94. The lowest BCUT2D eigenvalue weighted by molar-refractivity contribution is 0.0838. The highest BCUT2D eigenvalue weighted by Gasteiger charge is 2.30. The number of fused-ring (bicyclic) bond motifs is 1. The summed E-state index contributed by atoms with van der Waals surface area (Å²) in [5.74, 6) is 0.451. The van der Waals surface area contributed by atoms with Crippen molar-refractivity contribution in [2.75, 3.05) is 5.75 Å². The molecule has 24 heavy (non-hydrogen) atoms. The number of nitrogens with zero attached hydrogens (tertiary/aromatic N) is 2. The minimum Gasteiger partial charge on any atom is -0.385 e. The second-order valence-corrected chi connectivity index (χ2v) is 8.21. The molecule has 0 bridgehead atoms. The van der Waals surface area contributed by atoms with Crippen molar-refractivity contribution in [2.45, 2.75) is 36.6 Å². The molecule has 1 aliphatic rings. The second-order valence-electron chi connectivity index (χ2n) is 6.37. The Morgan fingerprint density at radius 2 is 2.08 bits per heavy atom. The Morgan fingerprint density at radius 1 is 1.33 bits per heavy atom. The van der Waals surface area contributed by atoms with E-state index in [4.69, 9.17) is 0 Å². The normalized spacial score (nSPS) is 17.1. The van der Waals surface area contributed by atoms with E-state index in [0.717, 1.165) is 23.2 Å². The molecule has 2 aromatic heterocycles. The number of benzene rings is 1. The summed E-state index contributed by atoms with van der Waals surface area (Å²) in [6.45, 7) is 1.80. The van der Waals surface area contributed by atoms with Gasteiger partial charge in [0, 0.05) is 11.8 Å². The largest absolute Gasteiger partial charge is 0.385 e. The summed E-state index contributed by atoms with van der Waals surface area (Å²) in [6, 6.07) is 11.7. The summed E-state index contributed by atoms with van der Waals surface area (Å²) in [5.41, 5.74) is -0.0526. The molecule has 1 aromatic carbocycles. The van der Waals surface area contributed by atoms with Gasteiger partial charge in [-0.3, -0.25) is 9.36 Å². The van der Waals surface area contributed by atoms with Crippen LogP contribution in [-0.4, -0.2) is 20.4 Å². The Kier molecular flexibility index (Phi) is 3.98. The monoisotopic (exact) mass is 358 g/mol. The van der Waals surface area contributed by atoms with Crippen molar-refractivity contribution in [1.82, 2.24) is 9.55 Å². The molecule has 0 aliphatic heterocycles. The minimum absolute atomic E-state index is 0.0469. The number of thiophene rings is 1. The molecule has 0 saturated heterocycles. The number of aromatic nitrogens is 2. The summed E-state index contributed by atoms with van der Waals surface area (Å²) < 4.78 is 1.82. The van der Waals surface area contributed by atoms with Crippen LogP contribution in [0.1, 0.15) is 31.4 Å². The van der Waals surface area contributed by atoms with Gasteiger partial charge in [0.1, 0.15) is 4.83 Å². The van der Waals surface area contributed by atoms with E-state index in [2.05, 4.69) is 4.98 Å². The fourth-order valence-corrected chi connectivity index (χ4v) is 4.67. The van der Waals surface area contributed by atoms with E-state index >= 15 is 0 Å². The standard InChI is InChI=1S/C18H18N2O2S2/c1-18(22,12-5-3-2-4-6-12)11-24-17-19-15-14(9-10-23-15)16(21)20(17)13-7-8-13/h2-6,9-10,13,22H,7-8,11H2,1H3. The predicted molar refractivity (Wildman–Crippen MR) is 98.9 cm³/mol. The summed E-state index contributed by atoms with van der Waals surface area (Å²) in [7, 11) is 0. The molecular weight excluding hydrogens is 340 g/mol. The summed E-state index contributed by atoms with van der Waals surface area (Å²) in [4.78, 5) is 18.2. The molecular formula is C18H18N2O2S2. The maximum absolute atomic E-state index is 12.7. The fraction of sp³-hybridized carbons (Fsp3) is 0.333. The van der Waals surface area contributed by atoms with E-state index in [1.165, 1.54) is 23.1 Å². The highest BCUT2D eigenvalue weighted by molar-refractivity contribution is 7.99. The number of aliphatic hydroxyl groups is 1. The van der Waals surface area contributed by atoms with E-state index in [1.54, 1.807) is 6.92 Å². The van der Waals surface area contributed by atoms with Gasteiger partial charge >= 0.3 is 0 Å². The highest BCUT2D eigenvalue weighted by Crippen LogP contribution is 2.38. The van der Waals surface area contributed by atoms with Crippen molar-refractivity contribution in [3.05, 3.63) is 57.7 Å². The quantitative estimate of drug-likeness (QED) is 0.557. The van der Waals surface area contributed by atoms with Crippen LogP contribution in [0, 0.1) is 0 Å². The van der Waals surface area contributed by atoms with Crippen molar-refractivity contribution in [3.8, 4) is 0 Å². The average Bonchev–Trinajstić information content (AvgIpc) is 3.30. The van der Waals surface area contributed by atoms with Gasteiger partial charge in [-0.1, -0.05) is 42.1 Å². The van der Waals surface area contributed by atoms with Gasteiger partial charge in [-0.05, 0) is 36.8 Å². The first-order chi connectivity index (χ1) is 11.6. The smallest absolute Gasteiger partial charge is 0.263 e. The van der Waals surface area contributed by atoms with Gasteiger partial charge in [-0.25, -0.2) is 4.98 Å². The Bertz CT molecular complexity index is 927. The van der Waals surface area contributed by atoms with Crippen molar-refractivity contribution >= 4 is 33.3 Å². The van der Waals surface area contributed by atoms with Crippen LogP contribution in [0.2, 0.25) is 0 Å². The molecule has 4 nitrogen and oxygen atoms in total. The molecule has 6 heteroatoms. The van der Waals surface area contributed by atoms with Crippen LogP contribution < -0.4 is 5.56 Å². The van der Waals surface area contributed by atoms with Gasteiger partial charge in [0.2, 0.25) is 0 Å². The number of rotatable bonds is 5. The maximum Gasteiger partial charge on any atom is 0.263 e. The molecule has 1 fully saturated rings. The van der Waals surface area contributed by atoms with Crippen molar-refractivity contribution in [1.29, 1.82) is 0 Å². The molecule has 3 aromatic rings. The third kappa shape index (κ3) is 2.90. The lowest BCUT2D eigenvalue weighted by Gasteiger charge is -2.23. The lowest BCUT2D eigenvalue weighted by atomic mass is 9.99. The third-order valence-electron chi connectivity index (χ3n) is 4.29. The molecule has 0 spiro atoms. The van der Waals surface area contributed by atoms with Crippen LogP contribution in [0.3, 0.4) is 0 Å². The van der Waals surface area contributed by atoms with Crippen molar-refractivity contribution in [2.24, 2.45) is 0 Å². The first-order valence-corrected chi connectivity index (χ1v) is 9.83. The lowest BCUT2D eigenvalue weighted by Crippen LogP contribution is -2.26. The zero-order chi connectivity index (χ0) is 16.7. The van der Waals surface area contributed by atoms with Gasteiger partial charge in [-0.15, -0.1) is 11.3 Å². The first-order valence-electron chi connectivity index (χ1n) is 7.97. The average molecular weight is 358 g/mol. The molecule has 4 rings (SSSR count). The highest BCUT2D eigenvalue weighted by atomic mass is 32.2. The molecule has 0 amide bonds. The van der Waals surface area contributed by atoms with E-state index in [9.17, 15) is 9.90 Å². The van der Waals surface area contributed by atoms with Crippen molar-refractivity contribution < 1.29 is 5.11 Å². The van der Waals surface area contributed by atoms with Gasteiger partial charge in [0.05, 0.1) is 11.0 Å². The van der Waals surface area contributed by atoms with Gasteiger partial charge in [-0.2, -0.15) is 0 Å². The first kappa shape index (κ1) is 15.9. The molecule has 1 atom stereocenters. The van der Waals surface area contributed by atoms with Crippen LogP contribution in [0.25, 0.3) is 10.2 Å². The van der Waals surface area contributed by atoms with Gasteiger partial charge in [0.15, 0.2) is 5.16 Å². The van der Waals surface area contributed by atoms with Gasteiger partial charge < -0.3 is 5.11 Å². The number of hydrogen-bond donors (Lipinski definition) is 1. The second kappa shape index (κ2) is 6.02. The molecule has 1 saturated carbocycles. The van der Waals surface area contributed by atoms with Gasteiger partial charge in [0.25, 0.3) is 5.56 Å². The van der Waals surface area contributed by atoms with E-state index in [0.29, 0.717) is 16.3 Å². The van der Waals surface area contributed by atoms with E-state index in [-0.39, 0.29) is 11.6 Å². The Hall–Kier alpha value is -1.63. The summed E-state index contributed by atoms with van der Waals surface area (Å²) in [6.07, 6.45) is 2.06. The van der Waals surface area contributed by atoms with Crippen LogP contribution in [-0.2, 0) is 5.60 Å². The molecule has 1 N–H and O–H groups in total. The zero-order valence-corrected chi connectivity index (χ0v) is 14.9. The van der Waals surface area contributed by atoms with Crippen LogP contribution in [0.5, 0.6) is 0 Å².